The van der Waals surface area contributed by atoms with Crippen LogP contribution >= 0.6 is 34.2 Å². The number of amides is 1. The van der Waals surface area contributed by atoms with Gasteiger partial charge >= 0.3 is 6.09 Å². The van der Waals surface area contributed by atoms with Crippen molar-refractivity contribution in [1.82, 2.24) is 0 Å². The average Bonchev–Trinajstić information content (AvgIpc) is 2.06. The Bertz CT molecular complexity index is 401. The summed E-state index contributed by atoms with van der Waals surface area (Å²) >= 11 is 8.12. The molecule has 0 unspecified atom stereocenters. The van der Waals surface area contributed by atoms with E-state index in [2.05, 4.69) is 27.9 Å². The lowest BCUT2D eigenvalue weighted by atomic mass is 10.2. The van der Waals surface area contributed by atoms with Crippen molar-refractivity contribution in [2.45, 2.75) is 26.4 Å². The normalized spacial score (nSPS) is 11.1. The monoisotopic (exact) mass is 353 g/mol. The Labute approximate surface area is 114 Å². The molecule has 0 aliphatic rings. The first-order valence-electron chi connectivity index (χ1n) is 4.73. The highest BCUT2D eigenvalue weighted by molar-refractivity contribution is 14.1. The molecule has 0 bridgehead atoms. The van der Waals surface area contributed by atoms with E-state index in [0.717, 1.165) is 3.57 Å². The number of ether oxygens (including phenoxy) is 1. The molecule has 5 heteroatoms. The molecule has 1 aromatic carbocycles. The first-order chi connectivity index (χ1) is 7.28. The molecular formula is C11H13ClINO2. The van der Waals surface area contributed by atoms with Crippen molar-refractivity contribution in [2.75, 3.05) is 5.32 Å². The lowest BCUT2D eigenvalue weighted by molar-refractivity contribution is 0.0636. The minimum Gasteiger partial charge on any atom is -0.444 e. The number of nitrogens with one attached hydrogen (secondary N) is 1. The molecule has 0 aliphatic carbocycles. The highest BCUT2D eigenvalue weighted by Gasteiger charge is 2.16. The Hall–Kier alpha value is -0.490. The second kappa shape index (κ2) is 5.23. The summed E-state index contributed by atoms with van der Waals surface area (Å²) in [5, 5.41) is 3.10. The van der Waals surface area contributed by atoms with Crippen molar-refractivity contribution < 1.29 is 9.53 Å². The van der Waals surface area contributed by atoms with Crippen LogP contribution in [-0.2, 0) is 4.74 Å². The van der Waals surface area contributed by atoms with Crippen molar-refractivity contribution >= 4 is 46.0 Å². The molecule has 0 aromatic heterocycles. The Morgan fingerprint density at radius 2 is 2.06 bits per heavy atom. The molecule has 0 aliphatic heterocycles. The minimum atomic E-state index is -0.514. The number of rotatable bonds is 1. The molecule has 3 nitrogen and oxygen atoms in total. The first-order valence-corrected chi connectivity index (χ1v) is 6.19. The van der Waals surface area contributed by atoms with Gasteiger partial charge in [-0.25, -0.2) is 4.79 Å². The van der Waals surface area contributed by atoms with Crippen LogP contribution in [0.1, 0.15) is 20.8 Å². The molecule has 16 heavy (non-hydrogen) atoms. The van der Waals surface area contributed by atoms with Crippen molar-refractivity contribution in [3.8, 4) is 0 Å². The van der Waals surface area contributed by atoms with E-state index < -0.39 is 11.7 Å². The lowest BCUT2D eigenvalue weighted by Gasteiger charge is -2.20. The minimum absolute atomic E-state index is 0.498. The van der Waals surface area contributed by atoms with E-state index in [1.54, 1.807) is 12.1 Å². The van der Waals surface area contributed by atoms with Crippen molar-refractivity contribution in [3.05, 3.63) is 26.8 Å². The Kier molecular flexibility index (Phi) is 4.43. The third-order valence-corrected chi connectivity index (χ3v) is 2.55. The van der Waals surface area contributed by atoms with Crippen LogP contribution in [-0.4, -0.2) is 11.7 Å². The van der Waals surface area contributed by atoms with Crippen LogP contribution in [0.25, 0.3) is 0 Å². The summed E-state index contributed by atoms with van der Waals surface area (Å²) in [4.78, 5) is 11.5. The fraction of sp³-hybridized carbons (Fsp3) is 0.364. The van der Waals surface area contributed by atoms with E-state index in [9.17, 15) is 4.79 Å². The van der Waals surface area contributed by atoms with E-state index in [0.29, 0.717) is 10.7 Å². The number of benzene rings is 1. The Morgan fingerprint density at radius 1 is 1.44 bits per heavy atom. The molecule has 1 aromatic rings. The van der Waals surface area contributed by atoms with Crippen LogP contribution in [0.3, 0.4) is 0 Å². The first kappa shape index (κ1) is 13.6. The van der Waals surface area contributed by atoms with Crippen molar-refractivity contribution in [2.24, 2.45) is 0 Å². The molecule has 0 fully saturated rings. The zero-order valence-electron chi connectivity index (χ0n) is 9.30. The predicted octanol–water partition coefficient (Wildman–Crippen LogP) is 4.29. The number of carbonyl (C=O) groups is 1. The maximum atomic E-state index is 11.5. The van der Waals surface area contributed by atoms with Gasteiger partial charge in [0.1, 0.15) is 5.60 Å². The summed E-state index contributed by atoms with van der Waals surface area (Å²) in [6.45, 7) is 5.42. The van der Waals surface area contributed by atoms with Gasteiger partial charge in [0.2, 0.25) is 0 Å². The van der Waals surface area contributed by atoms with Gasteiger partial charge in [-0.2, -0.15) is 0 Å². The molecule has 0 saturated heterocycles. The molecule has 1 N–H and O–H groups in total. The van der Waals surface area contributed by atoms with E-state index in [1.807, 2.05) is 26.8 Å². The highest BCUT2D eigenvalue weighted by atomic mass is 127. The second-order valence-electron chi connectivity index (χ2n) is 4.25. The van der Waals surface area contributed by atoms with E-state index >= 15 is 0 Å². The molecule has 1 rings (SSSR count). The Balaban J connectivity index is 2.70. The predicted molar refractivity (Wildman–Crippen MR) is 74.0 cm³/mol. The number of halogens is 2. The third-order valence-electron chi connectivity index (χ3n) is 1.57. The van der Waals surface area contributed by atoms with Crippen LogP contribution in [0.5, 0.6) is 0 Å². The molecule has 0 spiro atoms. The number of hydrogen-bond acceptors (Lipinski definition) is 2. The van der Waals surface area contributed by atoms with Crippen LogP contribution in [0.4, 0.5) is 10.5 Å². The molecule has 0 atom stereocenters. The van der Waals surface area contributed by atoms with Crippen LogP contribution < -0.4 is 5.32 Å². The summed E-state index contributed by atoms with van der Waals surface area (Å²) in [6.07, 6.45) is -0.504. The van der Waals surface area contributed by atoms with Gasteiger partial charge in [-0.15, -0.1) is 0 Å². The van der Waals surface area contributed by atoms with Gasteiger partial charge < -0.3 is 4.74 Å². The van der Waals surface area contributed by atoms with Crippen molar-refractivity contribution in [1.29, 1.82) is 0 Å². The maximum absolute atomic E-state index is 11.5. The number of hydrogen-bond donors (Lipinski definition) is 1. The maximum Gasteiger partial charge on any atom is 0.412 e. The zero-order valence-corrected chi connectivity index (χ0v) is 12.2. The number of anilines is 1. The summed E-state index contributed by atoms with van der Waals surface area (Å²) in [5.41, 5.74) is 0.0380. The summed E-state index contributed by atoms with van der Waals surface area (Å²) in [6, 6.07) is 5.38. The van der Waals surface area contributed by atoms with Crippen LogP contribution in [0.15, 0.2) is 18.2 Å². The van der Waals surface area contributed by atoms with E-state index in [-0.39, 0.29) is 0 Å². The SMILES string of the molecule is CC(C)(C)OC(=O)Nc1ccc(I)cc1Cl. The van der Waals surface area contributed by atoms with Crippen molar-refractivity contribution in [3.63, 3.8) is 0 Å². The summed E-state index contributed by atoms with van der Waals surface area (Å²) < 4.78 is 6.13. The fourth-order valence-electron chi connectivity index (χ4n) is 1.00. The zero-order chi connectivity index (χ0) is 12.3. The average molecular weight is 354 g/mol. The molecule has 88 valence electrons. The molecule has 0 heterocycles. The molecule has 0 radical (unpaired) electrons. The highest BCUT2D eigenvalue weighted by Crippen LogP contribution is 2.24. The standard InChI is InChI=1S/C11H13ClINO2/c1-11(2,3)16-10(15)14-9-5-4-7(13)6-8(9)12/h4-6H,1-3H3,(H,14,15). The molecular weight excluding hydrogens is 340 g/mol. The van der Waals surface area contributed by atoms with Gasteiger partial charge in [0.15, 0.2) is 0 Å². The molecule has 0 saturated carbocycles. The Morgan fingerprint density at radius 3 is 2.56 bits per heavy atom. The molecule has 1 amide bonds. The summed E-state index contributed by atoms with van der Waals surface area (Å²) in [7, 11) is 0. The largest absolute Gasteiger partial charge is 0.444 e. The second-order valence-corrected chi connectivity index (χ2v) is 5.90. The fourth-order valence-corrected chi connectivity index (χ4v) is 1.91. The van der Waals surface area contributed by atoms with Gasteiger partial charge in [0, 0.05) is 3.57 Å². The van der Waals surface area contributed by atoms with E-state index in [4.69, 9.17) is 16.3 Å². The van der Waals surface area contributed by atoms with Crippen LogP contribution in [0, 0.1) is 3.57 Å². The topological polar surface area (TPSA) is 38.3 Å². The van der Waals surface area contributed by atoms with Gasteiger partial charge in [-0.3, -0.25) is 5.32 Å². The summed E-state index contributed by atoms with van der Waals surface area (Å²) in [5.74, 6) is 0. The quantitative estimate of drug-likeness (QED) is 0.765. The van der Waals surface area contributed by atoms with Gasteiger partial charge in [0.05, 0.1) is 10.7 Å². The van der Waals surface area contributed by atoms with Gasteiger partial charge in [-0.05, 0) is 61.6 Å². The number of carbonyl (C=O) groups excluding carboxylic acids is 1. The third kappa shape index (κ3) is 4.57. The smallest absolute Gasteiger partial charge is 0.412 e. The van der Waals surface area contributed by atoms with Crippen LogP contribution in [0.2, 0.25) is 5.02 Å². The van der Waals surface area contributed by atoms with Gasteiger partial charge in [-0.1, -0.05) is 11.6 Å². The lowest BCUT2D eigenvalue weighted by Crippen LogP contribution is -2.27. The van der Waals surface area contributed by atoms with E-state index in [1.165, 1.54) is 0 Å². The van der Waals surface area contributed by atoms with Gasteiger partial charge in [0.25, 0.3) is 0 Å².